The highest BCUT2D eigenvalue weighted by Crippen LogP contribution is 2.49. The molecule has 0 amide bonds. The molecule has 0 aliphatic rings. The van der Waals surface area contributed by atoms with Gasteiger partial charge in [-0.25, -0.2) is 0 Å². The van der Waals surface area contributed by atoms with Gasteiger partial charge in [-0.3, -0.25) is 0 Å². The summed E-state index contributed by atoms with van der Waals surface area (Å²) < 4.78 is 0.00488. The van der Waals surface area contributed by atoms with Crippen LogP contribution in [0.15, 0.2) is 0 Å². The van der Waals surface area contributed by atoms with Crippen LogP contribution >= 0.6 is 62.3 Å². The largest absolute Gasteiger partial charge is 0.179 e. The fourth-order valence-electron chi connectivity index (χ4n) is 1.30. The number of thiol groups is 4. The van der Waals surface area contributed by atoms with Crippen molar-refractivity contribution in [2.75, 3.05) is 11.5 Å². The number of thioether (sulfide) groups is 1. The van der Waals surface area contributed by atoms with Gasteiger partial charge in [-0.05, 0) is 37.2 Å². The number of hydrogen-bond donors (Lipinski definition) is 4. The third-order valence-corrected chi connectivity index (χ3v) is 6.31. The Balaban J connectivity index is 4.47. The minimum Gasteiger partial charge on any atom is -0.179 e. The molecule has 0 aliphatic heterocycles. The molecule has 0 saturated carbocycles. The van der Waals surface area contributed by atoms with E-state index in [0.29, 0.717) is 0 Å². The van der Waals surface area contributed by atoms with Crippen LogP contribution in [-0.2, 0) is 0 Å². The van der Waals surface area contributed by atoms with Crippen LogP contribution in [0.5, 0.6) is 0 Å². The molecule has 0 fully saturated rings. The Labute approximate surface area is 121 Å². The van der Waals surface area contributed by atoms with Gasteiger partial charge in [0.15, 0.2) is 0 Å². The van der Waals surface area contributed by atoms with Crippen molar-refractivity contribution in [3.8, 4) is 0 Å². The summed E-state index contributed by atoms with van der Waals surface area (Å²) in [4.78, 5) is 0. The summed E-state index contributed by atoms with van der Waals surface area (Å²) in [6.45, 7) is 4.35. The molecule has 0 bridgehead atoms. The predicted molar refractivity (Wildman–Crippen MR) is 88.5 cm³/mol. The zero-order chi connectivity index (χ0) is 11.9. The zero-order valence-corrected chi connectivity index (χ0v) is 13.8. The monoisotopic (exact) mass is 302 g/mol. The molecule has 0 nitrogen and oxygen atoms in total. The summed E-state index contributed by atoms with van der Waals surface area (Å²) in [5, 5.41) is 0. The van der Waals surface area contributed by atoms with E-state index < -0.39 is 0 Å². The molecular formula is C10H22S5. The first-order valence-corrected chi connectivity index (χ1v) is 8.29. The second-order valence-corrected chi connectivity index (χ2v) is 8.63. The molecule has 0 N–H and O–H groups in total. The molecule has 0 heterocycles. The first kappa shape index (κ1) is 16.8. The van der Waals surface area contributed by atoms with Gasteiger partial charge in [-0.1, -0.05) is 13.8 Å². The van der Waals surface area contributed by atoms with Crippen molar-refractivity contribution >= 4 is 62.3 Å². The van der Waals surface area contributed by atoms with E-state index in [4.69, 9.17) is 25.3 Å². The third-order valence-electron chi connectivity index (χ3n) is 2.49. The Morgan fingerprint density at radius 2 is 1.20 bits per heavy atom. The summed E-state index contributed by atoms with van der Waals surface area (Å²) in [5.74, 6) is 1.75. The highest BCUT2D eigenvalue weighted by Gasteiger charge is 2.34. The fraction of sp³-hybridized carbons (Fsp3) is 1.00. The van der Waals surface area contributed by atoms with E-state index in [1.165, 1.54) is 0 Å². The van der Waals surface area contributed by atoms with Gasteiger partial charge in [-0.15, -0.1) is 11.8 Å². The molecule has 0 saturated heterocycles. The first-order valence-electron chi connectivity index (χ1n) is 5.32. The van der Waals surface area contributed by atoms with E-state index in [0.717, 1.165) is 37.2 Å². The van der Waals surface area contributed by atoms with Gasteiger partial charge in [0.05, 0.1) is 8.16 Å². The number of rotatable bonds is 8. The van der Waals surface area contributed by atoms with Gasteiger partial charge < -0.3 is 0 Å². The fourth-order valence-corrected chi connectivity index (χ4v) is 5.61. The van der Waals surface area contributed by atoms with Gasteiger partial charge in [0.1, 0.15) is 0 Å². The van der Waals surface area contributed by atoms with Crippen molar-refractivity contribution < 1.29 is 0 Å². The summed E-state index contributed by atoms with van der Waals surface area (Å²) in [5.41, 5.74) is 0. The van der Waals surface area contributed by atoms with Gasteiger partial charge >= 0.3 is 0 Å². The van der Waals surface area contributed by atoms with Crippen molar-refractivity contribution in [1.29, 1.82) is 0 Å². The Morgan fingerprint density at radius 3 is 1.40 bits per heavy atom. The van der Waals surface area contributed by atoms with Crippen molar-refractivity contribution in [2.24, 2.45) is 0 Å². The van der Waals surface area contributed by atoms with Gasteiger partial charge in [0, 0.05) is 0 Å². The van der Waals surface area contributed by atoms with Crippen LogP contribution in [0.3, 0.4) is 0 Å². The van der Waals surface area contributed by atoms with Crippen LogP contribution in [0, 0.1) is 0 Å². The first-order chi connectivity index (χ1) is 6.95. The molecule has 15 heavy (non-hydrogen) atoms. The molecule has 2 unspecified atom stereocenters. The minimum absolute atomic E-state index is 0.00244. The summed E-state index contributed by atoms with van der Waals surface area (Å²) in [6, 6.07) is 0. The second kappa shape index (κ2) is 7.96. The maximum atomic E-state index is 4.78. The van der Waals surface area contributed by atoms with Gasteiger partial charge in [0.25, 0.3) is 0 Å². The SMILES string of the molecule is CCC(S)(CCS)SC(S)(CC)CCS. The van der Waals surface area contributed by atoms with Crippen LogP contribution in [0.1, 0.15) is 39.5 Å². The second-order valence-electron chi connectivity index (χ2n) is 3.65. The van der Waals surface area contributed by atoms with Crippen LogP contribution in [0.25, 0.3) is 0 Å². The molecule has 0 spiro atoms. The lowest BCUT2D eigenvalue weighted by molar-refractivity contribution is 0.706. The Kier molecular flexibility index (Phi) is 8.89. The molecular weight excluding hydrogens is 280 g/mol. The van der Waals surface area contributed by atoms with Gasteiger partial charge in [0.2, 0.25) is 0 Å². The van der Waals surface area contributed by atoms with E-state index in [9.17, 15) is 0 Å². The van der Waals surface area contributed by atoms with Crippen LogP contribution in [0.2, 0.25) is 0 Å². The molecule has 0 aromatic rings. The summed E-state index contributed by atoms with van der Waals surface area (Å²) in [6.07, 6.45) is 4.09. The quantitative estimate of drug-likeness (QED) is 0.380. The van der Waals surface area contributed by atoms with Crippen molar-refractivity contribution in [1.82, 2.24) is 0 Å². The lowest BCUT2D eigenvalue weighted by atomic mass is 10.2. The molecule has 0 aromatic heterocycles. The average molecular weight is 303 g/mol. The highest BCUT2D eigenvalue weighted by molar-refractivity contribution is 8.18. The predicted octanol–water partition coefficient (Wildman–Crippen LogP) is 4.43. The molecule has 0 rings (SSSR count). The lowest BCUT2D eigenvalue weighted by Gasteiger charge is -2.36. The van der Waals surface area contributed by atoms with E-state index >= 15 is 0 Å². The topological polar surface area (TPSA) is 0 Å². The summed E-state index contributed by atoms with van der Waals surface area (Å²) in [7, 11) is 0. The molecule has 0 aromatic carbocycles. The number of hydrogen-bond acceptors (Lipinski definition) is 5. The van der Waals surface area contributed by atoms with Crippen LogP contribution < -0.4 is 0 Å². The van der Waals surface area contributed by atoms with Crippen molar-refractivity contribution in [3.63, 3.8) is 0 Å². The van der Waals surface area contributed by atoms with E-state index in [-0.39, 0.29) is 8.16 Å². The van der Waals surface area contributed by atoms with Crippen LogP contribution in [-0.4, -0.2) is 19.7 Å². The third kappa shape index (κ3) is 6.29. The molecule has 0 radical (unpaired) electrons. The molecule has 2 atom stereocenters. The average Bonchev–Trinajstić information content (AvgIpc) is 2.18. The highest BCUT2D eigenvalue weighted by atomic mass is 32.2. The molecule has 5 heteroatoms. The molecule has 92 valence electrons. The smallest absolute Gasteiger partial charge is 0.0600 e. The van der Waals surface area contributed by atoms with E-state index in [2.05, 4.69) is 39.1 Å². The van der Waals surface area contributed by atoms with Gasteiger partial charge in [-0.2, -0.15) is 50.5 Å². The van der Waals surface area contributed by atoms with Crippen molar-refractivity contribution in [2.45, 2.75) is 47.7 Å². The standard InChI is InChI=1S/C10H22S5/c1-3-9(13,5-7-11)15-10(14,4-2)6-8-12/h11-14H,3-8H2,1-2H3. The Morgan fingerprint density at radius 1 is 0.867 bits per heavy atom. The minimum atomic E-state index is 0.00244. The lowest BCUT2D eigenvalue weighted by Crippen LogP contribution is -2.27. The summed E-state index contributed by atoms with van der Waals surface area (Å²) >= 11 is 20.0. The Hall–Kier alpha value is 1.75. The Bertz CT molecular complexity index is 157. The molecule has 0 aliphatic carbocycles. The van der Waals surface area contributed by atoms with E-state index in [1.54, 1.807) is 0 Å². The maximum absolute atomic E-state index is 4.78. The normalized spacial score (nSPS) is 19.6. The van der Waals surface area contributed by atoms with E-state index in [1.807, 2.05) is 11.8 Å². The van der Waals surface area contributed by atoms with Crippen molar-refractivity contribution in [3.05, 3.63) is 0 Å². The van der Waals surface area contributed by atoms with Crippen LogP contribution in [0.4, 0.5) is 0 Å². The zero-order valence-electron chi connectivity index (χ0n) is 9.44. The maximum Gasteiger partial charge on any atom is 0.0600 e.